The third-order valence-electron chi connectivity index (χ3n) is 3.98. The van der Waals surface area contributed by atoms with Crippen molar-refractivity contribution in [2.45, 2.75) is 31.9 Å². The fourth-order valence-corrected chi connectivity index (χ4v) is 2.89. The van der Waals surface area contributed by atoms with E-state index < -0.39 is 0 Å². The molecule has 0 bridgehead atoms. The van der Waals surface area contributed by atoms with E-state index in [1.54, 1.807) is 23.0 Å². The van der Waals surface area contributed by atoms with E-state index in [2.05, 4.69) is 17.0 Å². The number of hydrogen-bond acceptors (Lipinski definition) is 3. The first-order valence-electron chi connectivity index (χ1n) is 7.81. The lowest BCUT2D eigenvalue weighted by molar-refractivity contribution is -0.00259. The number of aromatic nitrogens is 2. The first kappa shape index (κ1) is 15.2. The van der Waals surface area contributed by atoms with Gasteiger partial charge in [-0.3, -0.25) is 4.90 Å². The Balaban J connectivity index is 1.60. The van der Waals surface area contributed by atoms with Gasteiger partial charge in [0.05, 0.1) is 12.3 Å². The van der Waals surface area contributed by atoms with Gasteiger partial charge in [0.15, 0.2) is 0 Å². The Labute approximate surface area is 130 Å². The molecule has 0 saturated carbocycles. The van der Waals surface area contributed by atoms with Crippen molar-refractivity contribution in [1.82, 2.24) is 14.7 Å². The molecule has 0 N–H and O–H groups in total. The van der Waals surface area contributed by atoms with Crippen LogP contribution in [0.2, 0.25) is 0 Å². The molecule has 118 valence electrons. The van der Waals surface area contributed by atoms with Crippen molar-refractivity contribution in [1.29, 1.82) is 0 Å². The van der Waals surface area contributed by atoms with Crippen LogP contribution in [0, 0.1) is 5.82 Å². The maximum atomic E-state index is 13.8. The van der Waals surface area contributed by atoms with E-state index in [9.17, 15) is 4.39 Å². The molecule has 0 aliphatic carbocycles. The molecule has 1 atom stereocenters. The third kappa shape index (κ3) is 3.72. The normalized spacial score (nSPS) is 18.8. The number of benzene rings is 1. The van der Waals surface area contributed by atoms with Crippen molar-refractivity contribution in [2.24, 2.45) is 0 Å². The second kappa shape index (κ2) is 7.03. The van der Waals surface area contributed by atoms with E-state index in [0.29, 0.717) is 11.8 Å². The van der Waals surface area contributed by atoms with Gasteiger partial charge in [-0.15, -0.1) is 0 Å². The SMILES string of the molecule is CN(Cc1cnn(-c2ccccc2F)c1)CC1CCCCO1. The maximum absolute atomic E-state index is 13.8. The van der Waals surface area contributed by atoms with Crippen LogP contribution in [0.3, 0.4) is 0 Å². The Morgan fingerprint density at radius 1 is 1.36 bits per heavy atom. The number of hydrogen-bond donors (Lipinski definition) is 0. The molecule has 1 aliphatic heterocycles. The van der Waals surface area contributed by atoms with Gasteiger partial charge >= 0.3 is 0 Å². The molecule has 5 heteroatoms. The van der Waals surface area contributed by atoms with Crippen LogP contribution in [-0.2, 0) is 11.3 Å². The number of rotatable bonds is 5. The highest BCUT2D eigenvalue weighted by atomic mass is 19.1. The zero-order chi connectivity index (χ0) is 15.4. The molecule has 4 nitrogen and oxygen atoms in total. The lowest BCUT2D eigenvalue weighted by Gasteiger charge is -2.27. The van der Waals surface area contributed by atoms with Crippen molar-refractivity contribution >= 4 is 0 Å². The summed E-state index contributed by atoms with van der Waals surface area (Å²) < 4.78 is 21.1. The first-order chi connectivity index (χ1) is 10.7. The molecule has 0 amide bonds. The van der Waals surface area contributed by atoms with Crippen LogP contribution >= 0.6 is 0 Å². The summed E-state index contributed by atoms with van der Waals surface area (Å²) in [6, 6.07) is 6.67. The molecule has 2 heterocycles. The van der Waals surface area contributed by atoms with Gasteiger partial charge in [0.1, 0.15) is 11.5 Å². The van der Waals surface area contributed by atoms with E-state index >= 15 is 0 Å². The minimum atomic E-state index is -0.263. The Hall–Kier alpha value is -1.72. The van der Waals surface area contributed by atoms with Gasteiger partial charge in [-0.05, 0) is 38.4 Å². The van der Waals surface area contributed by atoms with Crippen molar-refractivity contribution in [3.05, 3.63) is 48.0 Å². The lowest BCUT2D eigenvalue weighted by Crippen LogP contribution is -2.32. The molecule has 1 saturated heterocycles. The van der Waals surface area contributed by atoms with Crippen LogP contribution in [0.1, 0.15) is 24.8 Å². The number of nitrogens with zero attached hydrogens (tertiary/aromatic N) is 3. The lowest BCUT2D eigenvalue weighted by atomic mass is 10.1. The van der Waals surface area contributed by atoms with Crippen LogP contribution in [0.5, 0.6) is 0 Å². The number of halogens is 1. The van der Waals surface area contributed by atoms with E-state index in [1.165, 1.54) is 18.9 Å². The second-order valence-corrected chi connectivity index (χ2v) is 5.93. The Bertz CT molecular complexity index is 607. The molecular formula is C17H22FN3O. The summed E-state index contributed by atoms with van der Waals surface area (Å²) in [7, 11) is 2.08. The molecule has 1 unspecified atom stereocenters. The highest BCUT2D eigenvalue weighted by molar-refractivity contribution is 5.32. The van der Waals surface area contributed by atoms with Crippen molar-refractivity contribution in [3.8, 4) is 5.69 Å². The van der Waals surface area contributed by atoms with Crippen LogP contribution in [0.25, 0.3) is 5.69 Å². The monoisotopic (exact) mass is 303 g/mol. The molecule has 1 fully saturated rings. The summed E-state index contributed by atoms with van der Waals surface area (Å²) in [6.07, 6.45) is 7.58. The molecule has 1 aromatic carbocycles. The summed E-state index contributed by atoms with van der Waals surface area (Å²) in [5.41, 5.74) is 1.55. The van der Waals surface area contributed by atoms with Crippen molar-refractivity contribution in [2.75, 3.05) is 20.2 Å². The van der Waals surface area contributed by atoms with Gasteiger partial charge in [-0.2, -0.15) is 5.10 Å². The number of para-hydroxylation sites is 1. The van der Waals surface area contributed by atoms with Gasteiger partial charge < -0.3 is 4.74 Å². The average molecular weight is 303 g/mol. The summed E-state index contributed by atoms with van der Waals surface area (Å²) >= 11 is 0. The van der Waals surface area contributed by atoms with Crippen LogP contribution in [-0.4, -0.2) is 41.0 Å². The average Bonchev–Trinajstić information content (AvgIpc) is 2.97. The highest BCUT2D eigenvalue weighted by Gasteiger charge is 2.16. The van der Waals surface area contributed by atoms with Gasteiger partial charge in [0.2, 0.25) is 0 Å². The summed E-state index contributed by atoms with van der Waals surface area (Å²) in [5.74, 6) is -0.263. The fraction of sp³-hybridized carbons (Fsp3) is 0.471. The van der Waals surface area contributed by atoms with Crippen molar-refractivity contribution < 1.29 is 9.13 Å². The molecule has 1 aromatic heterocycles. The molecule has 0 radical (unpaired) electrons. The second-order valence-electron chi connectivity index (χ2n) is 5.93. The Morgan fingerprint density at radius 3 is 3.00 bits per heavy atom. The Kier molecular flexibility index (Phi) is 4.85. The highest BCUT2D eigenvalue weighted by Crippen LogP contribution is 2.16. The molecule has 22 heavy (non-hydrogen) atoms. The summed E-state index contributed by atoms with van der Waals surface area (Å²) in [6.45, 7) is 2.59. The number of likely N-dealkylation sites (N-methyl/N-ethyl adjacent to an activating group) is 1. The largest absolute Gasteiger partial charge is 0.377 e. The maximum Gasteiger partial charge on any atom is 0.148 e. The molecular weight excluding hydrogens is 281 g/mol. The quantitative estimate of drug-likeness (QED) is 0.850. The molecule has 3 rings (SSSR count). The fourth-order valence-electron chi connectivity index (χ4n) is 2.89. The van der Waals surface area contributed by atoms with Gasteiger partial charge in [0.25, 0.3) is 0 Å². The first-order valence-corrected chi connectivity index (χ1v) is 7.81. The molecule has 0 spiro atoms. The summed E-state index contributed by atoms with van der Waals surface area (Å²) in [5, 5.41) is 4.27. The molecule has 2 aromatic rings. The van der Waals surface area contributed by atoms with Crippen molar-refractivity contribution in [3.63, 3.8) is 0 Å². The van der Waals surface area contributed by atoms with Gasteiger partial charge in [-0.25, -0.2) is 9.07 Å². The van der Waals surface area contributed by atoms with Crippen LogP contribution in [0.4, 0.5) is 4.39 Å². The Morgan fingerprint density at radius 2 is 2.23 bits per heavy atom. The van der Waals surface area contributed by atoms with Crippen LogP contribution < -0.4 is 0 Å². The van der Waals surface area contributed by atoms with Gasteiger partial charge in [-0.1, -0.05) is 12.1 Å². The zero-order valence-electron chi connectivity index (χ0n) is 12.9. The standard InChI is InChI=1S/C17H22FN3O/c1-20(13-15-6-4-5-9-22-15)11-14-10-19-21(12-14)17-8-3-2-7-16(17)18/h2-3,7-8,10,12,15H,4-6,9,11,13H2,1H3. The summed E-state index contributed by atoms with van der Waals surface area (Å²) in [4.78, 5) is 2.23. The minimum absolute atomic E-state index is 0.263. The predicted molar refractivity (Wildman–Crippen MR) is 83.4 cm³/mol. The molecule has 1 aliphatic rings. The minimum Gasteiger partial charge on any atom is -0.377 e. The van der Waals surface area contributed by atoms with E-state index in [0.717, 1.165) is 31.7 Å². The smallest absolute Gasteiger partial charge is 0.148 e. The third-order valence-corrected chi connectivity index (χ3v) is 3.98. The number of ether oxygens (including phenoxy) is 1. The topological polar surface area (TPSA) is 30.3 Å². The zero-order valence-corrected chi connectivity index (χ0v) is 12.9. The van der Waals surface area contributed by atoms with E-state index in [-0.39, 0.29) is 5.82 Å². The van der Waals surface area contributed by atoms with Crippen LogP contribution in [0.15, 0.2) is 36.7 Å². The predicted octanol–water partition coefficient (Wildman–Crippen LogP) is 3.01. The van der Waals surface area contributed by atoms with E-state index in [1.807, 2.05) is 12.3 Å². The van der Waals surface area contributed by atoms with E-state index in [4.69, 9.17) is 4.74 Å². The van der Waals surface area contributed by atoms with Gasteiger partial charge in [0, 0.05) is 31.5 Å².